The maximum absolute atomic E-state index is 13.7. The van der Waals surface area contributed by atoms with Crippen molar-refractivity contribution < 1.29 is 9.18 Å². The molecule has 2 aromatic carbocycles. The minimum atomic E-state index is -0.470. The van der Waals surface area contributed by atoms with Crippen molar-refractivity contribution in [2.45, 2.75) is 6.42 Å². The van der Waals surface area contributed by atoms with Crippen molar-refractivity contribution in [3.63, 3.8) is 0 Å². The first kappa shape index (κ1) is 17.7. The number of aromatic nitrogens is 2. The standard InChI is InChI=1S/C22H19FN4O/c23-18-6-2-4-8-20(18)27-22(28)15-9-11-24-21(13-15)25-12-10-16-14-26-19-7-3-1-5-17(16)19/h1-9,11,13-14,26H,10,12H2,(H,24,25)(H,27,28). The number of hydrogen-bond donors (Lipinski definition) is 3. The number of carbonyl (C=O) groups excluding carboxylic acids is 1. The number of nitrogens with zero attached hydrogens (tertiary/aromatic N) is 1. The van der Waals surface area contributed by atoms with Gasteiger partial charge in [-0.25, -0.2) is 9.37 Å². The lowest BCUT2D eigenvalue weighted by atomic mass is 10.1. The van der Waals surface area contributed by atoms with Crippen LogP contribution in [0.5, 0.6) is 0 Å². The lowest BCUT2D eigenvalue weighted by molar-refractivity contribution is 0.102. The van der Waals surface area contributed by atoms with Crippen molar-refractivity contribution in [2.24, 2.45) is 0 Å². The molecule has 5 nitrogen and oxygen atoms in total. The number of halogens is 1. The molecule has 0 saturated heterocycles. The van der Waals surface area contributed by atoms with E-state index >= 15 is 0 Å². The lowest BCUT2D eigenvalue weighted by Gasteiger charge is -2.09. The van der Waals surface area contributed by atoms with Crippen molar-refractivity contribution in [2.75, 3.05) is 17.2 Å². The third-order valence-corrected chi connectivity index (χ3v) is 4.52. The fourth-order valence-electron chi connectivity index (χ4n) is 3.09. The first-order chi connectivity index (χ1) is 13.7. The fourth-order valence-corrected chi connectivity index (χ4v) is 3.09. The van der Waals surface area contributed by atoms with Crippen LogP contribution in [0.3, 0.4) is 0 Å². The number of benzene rings is 2. The van der Waals surface area contributed by atoms with E-state index in [9.17, 15) is 9.18 Å². The van der Waals surface area contributed by atoms with Gasteiger partial charge in [0.1, 0.15) is 11.6 Å². The van der Waals surface area contributed by atoms with Gasteiger partial charge in [-0.15, -0.1) is 0 Å². The molecule has 0 aliphatic carbocycles. The summed E-state index contributed by atoms with van der Waals surface area (Å²) in [7, 11) is 0. The largest absolute Gasteiger partial charge is 0.370 e. The number of fused-ring (bicyclic) bond motifs is 1. The highest BCUT2D eigenvalue weighted by atomic mass is 19.1. The molecule has 6 heteroatoms. The van der Waals surface area contributed by atoms with Crippen LogP contribution in [0, 0.1) is 5.82 Å². The molecular formula is C22H19FN4O. The van der Waals surface area contributed by atoms with Crippen LogP contribution in [-0.2, 0) is 6.42 Å². The summed E-state index contributed by atoms with van der Waals surface area (Å²) in [4.78, 5) is 19.9. The second-order valence-electron chi connectivity index (χ2n) is 6.40. The Morgan fingerprint density at radius 2 is 1.89 bits per heavy atom. The van der Waals surface area contributed by atoms with Crippen molar-refractivity contribution in [3.05, 3.63) is 90.0 Å². The lowest BCUT2D eigenvalue weighted by Crippen LogP contribution is -2.14. The van der Waals surface area contributed by atoms with E-state index in [2.05, 4.69) is 26.7 Å². The number of pyridine rings is 1. The highest BCUT2D eigenvalue weighted by molar-refractivity contribution is 6.04. The van der Waals surface area contributed by atoms with Gasteiger partial charge in [0.05, 0.1) is 5.69 Å². The van der Waals surface area contributed by atoms with Gasteiger partial charge in [-0.05, 0) is 42.3 Å². The number of H-pyrrole nitrogens is 1. The van der Waals surface area contributed by atoms with E-state index in [1.807, 2.05) is 24.4 Å². The van der Waals surface area contributed by atoms with E-state index in [1.54, 1.807) is 30.5 Å². The average molecular weight is 374 g/mol. The molecule has 2 heterocycles. The van der Waals surface area contributed by atoms with Crippen LogP contribution in [0.4, 0.5) is 15.9 Å². The van der Waals surface area contributed by atoms with E-state index in [0.29, 0.717) is 17.9 Å². The van der Waals surface area contributed by atoms with E-state index < -0.39 is 5.82 Å². The summed E-state index contributed by atoms with van der Waals surface area (Å²) < 4.78 is 13.7. The molecule has 0 aliphatic heterocycles. The molecule has 3 N–H and O–H groups in total. The topological polar surface area (TPSA) is 69.8 Å². The van der Waals surface area contributed by atoms with Gasteiger partial charge in [0.2, 0.25) is 0 Å². The fraction of sp³-hybridized carbons (Fsp3) is 0.0909. The first-order valence-corrected chi connectivity index (χ1v) is 9.01. The first-order valence-electron chi connectivity index (χ1n) is 9.01. The molecule has 4 aromatic rings. The molecule has 0 radical (unpaired) electrons. The zero-order valence-corrected chi connectivity index (χ0v) is 15.1. The van der Waals surface area contributed by atoms with Crippen LogP contribution in [0.15, 0.2) is 73.1 Å². The number of para-hydroxylation sites is 2. The van der Waals surface area contributed by atoms with E-state index in [4.69, 9.17) is 0 Å². The highest BCUT2D eigenvalue weighted by Crippen LogP contribution is 2.18. The maximum Gasteiger partial charge on any atom is 0.255 e. The van der Waals surface area contributed by atoms with Crippen LogP contribution in [0.2, 0.25) is 0 Å². The normalized spacial score (nSPS) is 10.8. The number of aromatic amines is 1. The van der Waals surface area contributed by atoms with E-state index in [1.165, 1.54) is 23.1 Å². The molecular weight excluding hydrogens is 355 g/mol. The number of hydrogen-bond acceptors (Lipinski definition) is 3. The van der Waals surface area contributed by atoms with Gasteiger partial charge in [-0.1, -0.05) is 30.3 Å². The highest BCUT2D eigenvalue weighted by Gasteiger charge is 2.10. The monoisotopic (exact) mass is 374 g/mol. The molecule has 0 aliphatic rings. The van der Waals surface area contributed by atoms with Crippen LogP contribution in [-0.4, -0.2) is 22.4 Å². The number of anilines is 2. The molecule has 4 rings (SSSR count). The molecule has 2 aromatic heterocycles. The SMILES string of the molecule is O=C(Nc1ccccc1F)c1ccnc(NCCc2c[nH]c3ccccc23)c1. The van der Waals surface area contributed by atoms with Gasteiger partial charge in [-0.2, -0.15) is 0 Å². The average Bonchev–Trinajstić information content (AvgIpc) is 3.13. The third kappa shape index (κ3) is 3.86. The molecule has 0 saturated carbocycles. The van der Waals surface area contributed by atoms with Crippen molar-refractivity contribution in [1.29, 1.82) is 0 Å². The summed E-state index contributed by atoms with van der Waals surface area (Å²) in [6.45, 7) is 0.674. The summed E-state index contributed by atoms with van der Waals surface area (Å²) in [5.74, 6) is -0.254. The molecule has 0 fully saturated rings. The van der Waals surface area contributed by atoms with Crippen molar-refractivity contribution in [1.82, 2.24) is 9.97 Å². The molecule has 0 bridgehead atoms. The molecule has 0 atom stereocenters. The van der Waals surface area contributed by atoms with Gasteiger partial charge in [0.25, 0.3) is 5.91 Å². The molecule has 28 heavy (non-hydrogen) atoms. The van der Waals surface area contributed by atoms with Crippen LogP contribution < -0.4 is 10.6 Å². The Hall–Kier alpha value is -3.67. The third-order valence-electron chi connectivity index (χ3n) is 4.52. The van der Waals surface area contributed by atoms with Gasteiger partial charge in [-0.3, -0.25) is 4.79 Å². The van der Waals surface area contributed by atoms with Gasteiger partial charge in [0, 0.05) is 35.4 Å². The predicted molar refractivity (Wildman–Crippen MR) is 109 cm³/mol. The number of nitrogens with one attached hydrogen (secondary N) is 3. The van der Waals surface area contributed by atoms with Gasteiger partial charge in [0.15, 0.2) is 0 Å². The minimum absolute atomic E-state index is 0.151. The van der Waals surface area contributed by atoms with Gasteiger partial charge >= 0.3 is 0 Å². The van der Waals surface area contributed by atoms with E-state index in [-0.39, 0.29) is 11.6 Å². The summed E-state index contributed by atoms with van der Waals surface area (Å²) in [6.07, 6.45) is 4.39. The minimum Gasteiger partial charge on any atom is -0.370 e. The van der Waals surface area contributed by atoms with Crippen LogP contribution in [0.25, 0.3) is 10.9 Å². The summed E-state index contributed by atoms with van der Waals surface area (Å²) in [5, 5.41) is 7.02. The second kappa shape index (κ2) is 7.92. The Kier molecular flexibility index (Phi) is 5.01. The quantitative estimate of drug-likeness (QED) is 0.462. The van der Waals surface area contributed by atoms with Gasteiger partial charge < -0.3 is 15.6 Å². The Morgan fingerprint density at radius 3 is 2.79 bits per heavy atom. The second-order valence-corrected chi connectivity index (χ2v) is 6.40. The zero-order valence-electron chi connectivity index (χ0n) is 15.1. The Morgan fingerprint density at radius 1 is 1.07 bits per heavy atom. The maximum atomic E-state index is 13.7. The number of amides is 1. The summed E-state index contributed by atoms with van der Waals surface area (Å²) >= 11 is 0. The number of rotatable bonds is 6. The summed E-state index contributed by atoms with van der Waals surface area (Å²) in [5.41, 5.74) is 2.89. The molecule has 140 valence electrons. The molecule has 0 spiro atoms. The van der Waals surface area contributed by atoms with Crippen molar-refractivity contribution in [3.8, 4) is 0 Å². The molecule has 0 unspecified atom stereocenters. The Bertz CT molecular complexity index is 1120. The smallest absolute Gasteiger partial charge is 0.255 e. The predicted octanol–water partition coefficient (Wildman–Crippen LogP) is 4.61. The van der Waals surface area contributed by atoms with E-state index in [0.717, 1.165) is 11.9 Å². The van der Waals surface area contributed by atoms with Crippen LogP contribution in [0.1, 0.15) is 15.9 Å². The van der Waals surface area contributed by atoms with Crippen LogP contribution >= 0.6 is 0 Å². The van der Waals surface area contributed by atoms with Crippen molar-refractivity contribution >= 4 is 28.3 Å². The zero-order chi connectivity index (χ0) is 19.3. The number of carbonyl (C=O) groups is 1. The molecule has 1 amide bonds. The Labute approximate surface area is 161 Å². The Balaban J connectivity index is 1.39. The summed E-state index contributed by atoms with van der Waals surface area (Å²) in [6, 6.07) is 17.5.